The zero-order valence-corrected chi connectivity index (χ0v) is 7.92. The van der Waals surface area contributed by atoms with E-state index in [0.717, 1.165) is 0 Å². The number of ketones is 1. The quantitative estimate of drug-likeness (QED) is 0.610. The number of Topliss-reactive ketones (excluding diaryl/α,β-unsaturated/α-hetero) is 1. The minimum atomic E-state index is -0.614. The van der Waals surface area contributed by atoms with Gasteiger partial charge in [-0.1, -0.05) is 0 Å². The Morgan fingerprint density at radius 2 is 1.85 bits per heavy atom. The van der Waals surface area contributed by atoms with Crippen LogP contribution in [0.1, 0.15) is 20.8 Å². The third kappa shape index (κ3) is 5.84. The first-order valence-electron chi connectivity index (χ1n) is 3.86. The predicted octanol–water partition coefficient (Wildman–Crippen LogP) is -0.357. The summed E-state index contributed by atoms with van der Waals surface area (Å²) in [6.45, 7) is 3.77. The molecule has 5 nitrogen and oxygen atoms in total. The van der Waals surface area contributed by atoms with Gasteiger partial charge < -0.3 is 10.1 Å². The summed E-state index contributed by atoms with van der Waals surface area (Å²) < 4.78 is 4.47. The smallest absolute Gasteiger partial charge is 0.303 e. The van der Waals surface area contributed by atoms with Crippen molar-refractivity contribution in [2.75, 3.05) is 6.61 Å². The topological polar surface area (TPSA) is 72.5 Å². The molecule has 0 aliphatic heterocycles. The maximum Gasteiger partial charge on any atom is 0.303 e. The highest BCUT2D eigenvalue weighted by Crippen LogP contribution is 1.87. The lowest BCUT2D eigenvalue weighted by Gasteiger charge is -2.10. The van der Waals surface area contributed by atoms with Crippen LogP contribution in [-0.2, 0) is 19.1 Å². The molecule has 0 aromatic carbocycles. The van der Waals surface area contributed by atoms with Gasteiger partial charge in [-0.2, -0.15) is 0 Å². The fourth-order valence-corrected chi connectivity index (χ4v) is 0.683. The molecule has 0 bridgehead atoms. The first-order chi connectivity index (χ1) is 5.93. The molecule has 1 atom stereocenters. The van der Waals surface area contributed by atoms with Crippen LogP contribution in [0.4, 0.5) is 0 Å². The van der Waals surface area contributed by atoms with Gasteiger partial charge >= 0.3 is 5.97 Å². The van der Waals surface area contributed by atoms with Crippen LogP contribution in [0.25, 0.3) is 0 Å². The Hall–Kier alpha value is -1.39. The van der Waals surface area contributed by atoms with E-state index in [4.69, 9.17) is 0 Å². The zero-order chi connectivity index (χ0) is 10.4. The molecular weight excluding hydrogens is 174 g/mol. The maximum absolute atomic E-state index is 11.1. The average molecular weight is 187 g/mol. The van der Waals surface area contributed by atoms with Crippen molar-refractivity contribution in [3.05, 3.63) is 0 Å². The molecule has 0 aromatic rings. The molecule has 0 aromatic heterocycles. The molecule has 1 N–H and O–H groups in total. The number of ether oxygens (including phenoxy) is 1. The van der Waals surface area contributed by atoms with E-state index in [0.29, 0.717) is 0 Å². The summed E-state index contributed by atoms with van der Waals surface area (Å²) in [5.41, 5.74) is 0. The summed E-state index contributed by atoms with van der Waals surface area (Å²) in [5, 5.41) is 2.39. The van der Waals surface area contributed by atoms with Gasteiger partial charge in [0, 0.05) is 13.8 Å². The fourth-order valence-electron chi connectivity index (χ4n) is 0.683. The molecule has 0 radical (unpaired) electrons. The molecule has 5 heteroatoms. The lowest BCUT2D eigenvalue weighted by molar-refractivity contribution is -0.146. The molecule has 0 fully saturated rings. The monoisotopic (exact) mass is 187 g/mol. The van der Waals surface area contributed by atoms with Crippen LogP contribution >= 0.6 is 0 Å². The highest BCUT2D eigenvalue weighted by molar-refractivity contribution is 5.89. The molecule has 0 aliphatic carbocycles. The molecule has 0 saturated heterocycles. The summed E-state index contributed by atoms with van der Waals surface area (Å²) in [4.78, 5) is 31.9. The van der Waals surface area contributed by atoms with Crippen molar-refractivity contribution in [2.45, 2.75) is 26.8 Å². The minimum absolute atomic E-state index is 0.288. The molecule has 1 amide bonds. The predicted molar refractivity (Wildman–Crippen MR) is 44.9 cm³/mol. The van der Waals surface area contributed by atoms with E-state index in [9.17, 15) is 14.4 Å². The van der Waals surface area contributed by atoms with Gasteiger partial charge in [0.05, 0.1) is 6.04 Å². The summed E-state index contributed by atoms with van der Waals surface area (Å²) >= 11 is 0. The Balaban J connectivity index is 3.82. The number of carbonyl (C=O) groups excluding carboxylic acids is 3. The first kappa shape index (κ1) is 11.6. The van der Waals surface area contributed by atoms with E-state index >= 15 is 0 Å². The van der Waals surface area contributed by atoms with Crippen molar-refractivity contribution in [3.63, 3.8) is 0 Å². The maximum atomic E-state index is 11.1. The molecule has 74 valence electrons. The number of rotatable bonds is 4. The van der Waals surface area contributed by atoms with Crippen LogP contribution in [0, 0.1) is 0 Å². The number of hydrogen-bond donors (Lipinski definition) is 1. The minimum Gasteiger partial charge on any atom is -0.458 e. The van der Waals surface area contributed by atoms with Crippen molar-refractivity contribution in [2.24, 2.45) is 0 Å². The van der Waals surface area contributed by atoms with Gasteiger partial charge in [-0.15, -0.1) is 0 Å². The van der Waals surface area contributed by atoms with Gasteiger partial charge in [0.2, 0.25) is 5.91 Å². The van der Waals surface area contributed by atoms with E-state index in [-0.39, 0.29) is 18.3 Å². The largest absolute Gasteiger partial charge is 0.458 e. The van der Waals surface area contributed by atoms with E-state index in [2.05, 4.69) is 10.1 Å². The Kier molecular flexibility index (Phi) is 4.72. The van der Waals surface area contributed by atoms with Crippen LogP contribution in [0.2, 0.25) is 0 Å². The molecule has 13 heavy (non-hydrogen) atoms. The number of carbonyl (C=O) groups is 3. The average Bonchev–Trinajstić information content (AvgIpc) is 1.98. The fraction of sp³-hybridized carbons (Fsp3) is 0.625. The second-order valence-corrected chi connectivity index (χ2v) is 2.67. The molecular formula is C8H13NO4. The Morgan fingerprint density at radius 3 is 2.23 bits per heavy atom. The van der Waals surface area contributed by atoms with Crippen molar-refractivity contribution in [1.29, 1.82) is 0 Å². The third-order valence-corrected chi connectivity index (χ3v) is 1.32. The second-order valence-electron chi connectivity index (χ2n) is 2.67. The normalized spacial score (nSPS) is 11.6. The van der Waals surface area contributed by atoms with Crippen LogP contribution in [-0.4, -0.2) is 30.3 Å². The molecule has 0 spiro atoms. The summed E-state index contributed by atoms with van der Waals surface area (Å²) in [7, 11) is 0. The van der Waals surface area contributed by atoms with E-state index < -0.39 is 12.0 Å². The number of hydrogen-bond acceptors (Lipinski definition) is 4. The first-order valence-corrected chi connectivity index (χ1v) is 3.86. The van der Waals surface area contributed by atoms with E-state index in [1.165, 1.54) is 20.8 Å². The molecule has 0 unspecified atom stereocenters. The number of esters is 1. The Labute approximate surface area is 76.4 Å². The van der Waals surface area contributed by atoms with E-state index in [1.807, 2.05) is 0 Å². The summed E-state index contributed by atoms with van der Waals surface area (Å²) in [5.74, 6) is -1.13. The number of amides is 1. The van der Waals surface area contributed by atoms with Crippen molar-refractivity contribution < 1.29 is 19.1 Å². The van der Waals surface area contributed by atoms with Gasteiger partial charge in [-0.25, -0.2) is 0 Å². The SMILES string of the molecule is CC(=O)N[C@@H](C)C(=O)COC(C)=O. The van der Waals surface area contributed by atoms with Crippen molar-refractivity contribution >= 4 is 17.7 Å². The van der Waals surface area contributed by atoms with Crippen LogP contribution < -0.4 is 5.32 Å². The van der Waals surface area contributed by atoms with Crippen molar-refractivity contribution in [1.82, 2.24) is 5.32 Å². The van der Waals surface area contributed by atoms with Gasteiger partial charge in [0.25, 0.3) is 0 Å². The van der Waals surface area contributed by atoms with Crippen LogP contribution in [0.3, 0.4) is 0 Å². The van der Waals surface area contributed by atoms with Crippen molar-refractivity contribution in [3.8, 4) is 0 Å². The van der Waals surface area contributed by atoms with Gasteiger partial charge in [-0.3, -0.25) is 14.4 Å². The van der Waals surface area contributed by atoms with Crippen LogP contribution in [0.15, 0.2) is 0 Å². The molecule has 0 heterocycles. The van der Waals surface area contributed by atoms with Gasteiger partial charge in [-0.05, 0) is 6.92 Å². The molecule has 0 saturated carbocycles. The highest BCUT2D eigenvalue weighted by atomic mass is 16.5. The molecule has 0 aliphatic rings. The second kappa shape index (κ2) is 5.29. The Bertz CT molecular complexity index is 224. The lowest BCUT2D eigenvalue weighted by atomic mass is 10.2. The summed E-state index contributed by atoms with van der Waals surface area (Å²) in [6, 6.07) is -0.614. The highest BCUT2D eigenvalue weighted by Gasteiger charge is 2.14. The van der Waals surface area contributed by atoms with E-state index in [1.54, 1.807) is 0 Å². The van der Waals surface area contributed by atoms with Gasteiger partial charge in [0.15, 0.2) is 12.4 Å². The third-order valence-electron chi connectivity index (χ3n) is 1.32. The standard InChI is InChI=1S/C8H13NO4/c1-5(9-6(2)10)8(12)4-13-7(3)11/h5H,4H2,1-3H3,(H,9,10)/t5-/m0/s1. The Morgan fingerprint density at radius 1 is 1.31 bits per heavy atom. The number of nitrogens with one attached hydrogen (secondary N) is 1. The van der Waals surface area contributed by atoms with Gasteiger partial charge in [0.1, 0.15) is 0 Å². The summed E-state index contributed by atoms with van der Waals surface area (Å²) in [6.07, 6.45) is 0. The zero-order valence-electron chi connectivity index (χ0n) is 7.92. The van der Waals surface area contributed by atoms with Crippen LogP contribution in [0.5, 0.6) is 0 Å². The molecule has 0 rings (SSSR count). The lowest BCUT2D eigenvalue weighted by Crippen LogP contribution is -2.39.